The fraction of sp³-hybridized carbons (Fsp3) is 0.333. The number of esters is 1. The van der Waals surface area contributed by atoms with Crippen molar-refractivity contribution in [2.45, 2.75) is 32.7 Å². The summed E-state index contributed by atoms with van der Waals surface area (Å²) in [5.41, 5.74) is 4.81. The van der Waals surface area contributed by atoms with Crippen molar-refractivity contribution in [1.82, 2.24) is 5.01 Å². The first-order chi connectivity index (χ1) is 15.4. The Morgan fingerprint density at radius 3 is 2.69 bits per heavy atom. The molecule has 8 heteroatoms. The van der Waals surface area contributed by atoms with Gasteiger partial charge in [0.1, 0.15) is 5.75 Å². The van der Waals surface area contributed by atoms with Crippen molar-refractivity contribution in [2.24, 2.45) is 11.0 Å². The lowest BCUT2D eigenvalue weighted by Gasteiger charge is -2.31. The Balaban J connectivity index is 1.77. The van der Waals surface area contributed by atoms with E-state index in [1.807, 2.05) is 30.1 Å². The minimum atomic E-state index is -0.423. The lowest BCUT2D eigenvalue weighted by Crippen LogP contribution is -2.28. The van der Waals surface area contributed by atoms with Gasteiger partial charge in [0.2, 0.25) is 0 Å². The number of methoxy groups -OCH3 is 1. The van der Waals surface area contributed by atoms with Crippen LogP contribution in [0.4, 0.5) is 5.69 Å². The highest BCUT2D eigenvalue weighted by Crippen LogP contribution is 2.45. The largest absolute Gasteiger partial charge is 0.497 e. The first-order valence-corrected chi connectivity index (χ1v) is 10.6. The lowest BCUT2D eigenvalue weighted by atomic mass is 9.77. The maximum atomic E-state index is 12.1. The third-order valence-electron chi connectivity index (χ3n) is 5.94. The normalized spacial score (nSPS) is 19.7. The van der Waals surface area contributed by atoms with Crippen LogP contribution in [0.1, 0.15) is 43.0 Å². The molecule has 8 nitrogen and oxygen atoms in total. The average molecular weight is 435 g/mol. The molecule has 2 aliphatic rings. The van der Waals surface area contributed by atoms with Crippen molar-refractivity contribution in [3.8, 4) is 5.75 Å². The van der Waals surface area contributed by atoms with Gasteiger partial charge in [0.25, 0.3) is 5.69 Å². The standard InChI is InChI=1S/C24H25N3O5/c1-4-32-22(28)13-15(2)26-24(16-5-8-18(9-6-16)27(29)30)21-11-7-17-14-19(31-3)10-12-20(17)23(21)25-26/h5-6,8-10,12-14,21,24H,4,7,11H2,1-3H3/b15-13-/t21-,24-/m0/s1. The highest BCUT2D eigenvalue weighted by molar-refractivity contribution is 6.06. The minimum Gasteiger partial charge on any atom is -0.497 e. The molecule has 0 fully saturated rings. The Bertz CT molecular complexity index is 1110. The van der Waals surface area contributed by atoms with E-state index >= 15 is 0 Å². The lowest BCUT2D eigenvalue weighted by molar-refractivity contribution is -0.384. The number of hydrazone groups is 1. The Hall–Kier alpha value is -3.68. The van der Waals surface area contributed by atoms with Gasteiger partial charge in [-0.3, -0.25) is 15.1 Å². The van der Waals surface area contributed by atoms with Gasteiger partial charge in [-0.25, -0.2) is 4.79 Å². The van der Waals surface area contributed by atoms with Gasteiger partial charge >= 0.3 is 5.97 Å². The number of nitro groups is 1. The van der Waals surface area contributed by atoms with Crippen molar-refractivity contribution in [1.29, 1.82) is 0 Å². The van der Waals surface area contributed by atoms with Gasteiger partial charge in [0.15, 0.2) is 0 Å². The summed E-state index contributed by atoms with van der Waals surface area (Å²) in [7, 11) is 1.65. The van der Waals surface area contributed by atoms with Crippen LogP contribution in [0.5, 0.6) is 5.75 Å². The number of hydrogen-bond acceptors (Lipinski definition) is 7. The summed E-state index contributed by atoms with van der Waals surface area (Å²) in [5.74, 6) is 0.471. The number of hydrogen-bond donors (Lipinski definition) is 0. The third-order valence-corrected chi connectivity index (χ3v) is 5.94. The molecule has 0 saturated carbocycles. The van der Waals surface area contributed by atoms with E-state index in [0.717, 1.165) is 35.4 Å². The number of allylic oxidation sites excluding steroid dienone is 1. The number of carbonyl (C=O) groups excluding carboxylic acids is 1. The highest BCUT2D eigenvalue weighted by Gasteiger charge is 2.42. The Morgan fingerprint density at radius 1 is 1.28 bits per heavy atom. The number of ether oxygens (including phenoxy) is 2. The molecule has 32 heavy (non-hydrogen) atoms. The van der Waals surface area contributed by atoms with Crippen LogP contribution < -0.4 is 4.74 Å². The SMILES string of the molecule is CCOC(=O)/C=C(/C)N1N=C2c3ccc(OC)cc3CC[C@@H]2[C@@H]1c1ccc([N+](=O)[O-])cc1. The molecule has 0 spiro atoms. The van der Waals surface area contributed by atoms with Gasteiger partial charge in [-0.2, -0.15) is 5.10 Å². The number of rotatable bonds is 6. The number of benzene rings is 2. The molecule has 2 aromatic carbocycles. The molecule has 0 unspecified atom stereocenters. The molecule has 166 valence electrons. The zero-order chi connectivity index (χ0) is 22.8. The van der Waals surface area contributed by atoms with Crippen LogP contribution in [0.2, 0.25) is 0 Å². The van der Waals surface area contributed by atoms with E-state index in [1.54, 1.807) is 26.2 Å². The maximum Gasteiger partial charge on any atom is 0.332 e. The number of carbonyl (C=O) groups is 1. The summed E-state index contributed by atoms with van der Waals surface area (Å²) in [6.45, 7) is 3.88. The Kier molecular flexibility index (Phi) is 5.94. The van der Waals surface area contributed by atoms with E-state index in [9.17, 15) is 14.9 Å². The van der Waals surface area contributed by atoms with E-state index in [0.29, 0.717) is 12.3 Å². The molecule has 1 heterocycles. The second-order valence-corrected chi connectivity index (χ2v) is 7.83. The second kappa shape index (κ2) is 8.82. The zero-order valence-electron chi connectivity index (χ0n) is 18.3. The van der Waals surface area contributed by atoms with Gasteiger partial charge < -0.3 is 9.47 Å². The molecular formula is C24H25N3O5. The number of nitro benzene ring substituents is 1. The van der Waals surface area contributed by atoms with E-state index in [-0.39, 0.29) is 17.6 Å². The molecule has 0 amide bonds. The predicted octanol–water partition coefficient (Wildman–Crippen LogP) is 4.39. The fourth-order valence-electron chi connectivity index (χ4n) is 4.47. The predicted molar refractivity (Wildman–Crippen MR) is 119 cm³/mol. The monoisotopic (exact) mass is 435 g/mol. The quantitative estimate of drug-likeness (QED) is 0.289. The van der Waals surface area contributed by atoms with Crippen LogP contribution in [0.15, 0.2) is 59.3 Å². The molecule has 0 N–H and O–H groups in total. The minimum absolute atomic E-state index is 0.0410. The summed E-state index contributed by atoms with van der Waals surface area (Å²) in [4.78, 5) is 22.8. The van der Waals surface area contributed by atoms with Crippen LogP contribution in [0.25, 0.3) is 0 Å². The fourth-order valence-corrected chi connectivity index (χ4v) is 4.47. The molecule has 2 atom stereocenters. The third kappa shape index (κ3) is 3.95. The first kappa shape index (κ1) is 21.5. The smallest absolute Gasteiger partial charge is 0.332 e. The molecule has 1 aliphatic carbocycles. The van der Waals surface area contributed by atoms with Crippen molar-refractivity contribution < 1.29 is 19.2 Å². The average Bonchev–Trinajstić information content (AvgIpc) is 3.19. The van der Waals surface area contributed by atoms with Crippen LogP contribution in [-0.4, -0.2) is 35.3 Å². The summed E-state index contributed by atoms with van der Waals surface area (Å²) < 4.78 is 10.4. The van der Waals surface area contributed by atoms with Crippen LogP contribution in [-0.2, 0) is 16.0 Å². The molecule has 0 radical (unpaired) electrons. The second-order valence-electron chi connectivity index (χ2n) is 7.83. The van der Waals surface area contributed by atoms with E-state index in [4.69, 9.17) is 14.6 Å². The highest BCUT2D eigenvalue weighted by atomic mass is 16.6. The van der Waals surface area contributed by atoms with E-state index in [2.05, 4.69) is 0 Å². The topological polar surface area (TPSA) is 94.3 Å². The number of non-ortho nitro benzene ring substituents is 1. The zero-order valence-corrected chi connectivity index (χ0v) is 18.3. The Labute approximate surface area is 186 Å². The molecule has 4 rings (SSSR count). The van der Waals surface area contributed by atoms with Gasteiger partial charge in [0, 0.05) is 35.4 Å². The molecule has 1 aliphatic heterocycles. The van der Waals surface area contributed by atoms with Gasteiger partial charge in [-0.1, -0.05) is 12.1 Å². The van der Waals surface area contributed by atoms with Crippen molar-refractivity contribution in [2.75, 3.05) is 13.7 Å². The maximum absolute atomic E-state index is 12.1. The molecule has 0 bridgehead atoms. The summed E-state index contributed by atoms with van der Waals surface area (Å²) in [6.07, 6.45) is 3.18. The number of nitrogens with zero attached hydrogens (tertiary/aromatic N) is 3. The molecule has 2 aromatic rings. The van der Waals surface area contributed by atoms with E-state index in [1.165, 1.54) is 23.8 Å². The number of fused-ring (bicyclic) bond motifs is 3. The van der Waals surface area contributed by atoms with Crippen LogP contribution in [0, 0.1) is 16.0 Å². The summed E-state index contributed by atoms with van der Waals surface area (Å²) >= 11 is 0. The molecule has 0 aromatic heterocycles. The van der Waals surface area contributed by atoms with Crippen molar-refractivity contribution in [3.63, 3.8) is 0 Å². The van der Waals surface area contributed by atoms with Crippen molar-refractivity contribution in [3.05, 3.63) is 81.0 Å². The number of aryl methyl sites for hydroxylation is 1. The van der Waals surface area contributed by atoms with Crippen molar-refractivity contribution >= 4 is 17.4 Å². The first-order valence-electron chi connectivity index (χ1n) is 10.6. The van der Waals surface area contributed by atoms with Crippen LogP contribution >= 0.6 is 0 Å². The summed E-state index contributed by atoms with van der Waals surface area (Å²) in [5, 5.41) is 17.9. The molecular weight excluding hydrogens is 410 g/mol. The van der Waals surface area contributed by atoms with Gasteiger partial charge in [-0.15, -0.1) is 0 Å². The summed E-state index contributed by atoms with van der Waals surface area (Å²) in [6, 6.07) is 12.4. The van der Waals surface area contributed by atoms with E-state index < -0.39 is 10.9 Å². The van der Waals surface area contributed by atoms with Crippen LogP contribution in [0.3, 0.4) is 0 Å². The van der Waals surface area contributed by atoms with Gasteiger partial charge in [0.05, 0.1) is 30.4 Å². The Morgan fingerprint density at radius 2 is 2.03 bits per heavy atom. The molecule has 0 saturated heterocycles. The van der Waals surface area contributed by atoms with Gasteiger partial charge in [-0.05, 0) is 56.0 Å².